The molecule has 3 aromatic rings. The van der Waals surface area contributed by atoms with Crippen LogP contribution in [0, 0.1) is 0 Å². The number of halogens is 1. The van der Waals surface area contributed by atoms with E-state index in [1.54, 1.807) is 4.68 Å². The molecule has 112 valence electrons. The summed E-state index contributed by atoms with van der Waals surface area (Å²) >= 11 is 5.91. The van der Waals surface area contributed by atoms with E-state index in [1.807, 2.05) is 36.8 Å². The number of imidazole rings is 1. The molecule has 0 fully saturated rings. The number of aromatic nitrogens is 5. The molecule has 0 N–H and O–H groups in total. The van der Waals surface area contributed by atoms with Gasteiger partial charge in [0.25, 0.3) is 0 Å². The molecule has 0 saturated heterocycles. The molecular weight excluding hydrogens is 298 g/mol. The zero-order valence-electron chi connectivity index (χ0n) is 12.1. The molecule has 0 saturated carbocycles. The number of hydrogen-bond donors (Lipinski definition) is 0. The van der Waals surface area contributed by atoms with Gasteiger partial charge in [-0.05, 0) is 49.9 Å². The summed E-state index contributed by atoms with van der Waals surface area (Å²) in [5.74, 6) is 0. The normalized spacial score (nSPS) is 14.0. The monoisotopic (exact) mass is 313 g/mol. The van der Waals surface area contributed by atoms with E-state index < -0.39 is 0 Å². The molecule has 1 aromatic carbocycles. The van der Waals surface area contributed by atoms with Gasteiger partial charge in [-0.1, -0.05) is 16.8 Å². The summed E-state index contributed by atoms with van der Waals surface area (Å²) in [7, 11) is 0. The molecule has 5 nitrogen and oxygen atoms in total. The lowest BCUT2D eigenvalue weighted by molar-refractivity contribution is 0.624. The summed E-state index contributed by atoms with van der Waals surface area (Å²) in [5.41, 5.74) is 4.49. The lowest BCUT2D eigenvalue weighted by Gasteiger charge is -2.12. The number of rotatable bonds is 3. The molecule has 0 unspecified atom stereocenters. The van der Waals surface area contributed by atoms with Crippen molar-refractivity contribution in [2.24, 2.45) is 0 Å². The predicted molar refractivity (Wildman–Crippen MR) is 84.3 cm³/mol. The van der Waals surface area contributed by atoms with Gasteiger partial charge in [-0.15, -0.1) is 5.10 Å². The largest absolute Gasteiger partial charge is 0.328 e. The van der Waals surface area contributed by atoms with E-state index in [1.165, 1.54) is 24.2 Å². The number of nitrogens with zero attached hydrogens (tertiary/aromatic N) is 5. The van der Waals surface area contributed by atoms with Gasteiger partial charge >= 0.3 is 0 Å². The number of fused-ring (bicyclic) bond motifs is 1. The fourth-order valence-corrected chi connectivity index (χ4v) is 3.06. The molecule has 4 rings (SSSR count). The smallest absolute Gasteiger partial charge is 0.103 e. The van der Waals surface area contributed by atoms with Crippen LogP contribution >= 0.6 is 11.6 Å². The fraction of sp³-hybridized carbons (Fsp3) is 0.312. The topological polar surface area (TPSA) is 48.5 Å². The summed E-state index contributed by atoms with van der Waals surface area (Å²) < 4.78 is 3.97. The second-order valence-corrected chi connectivity index (χ2v) is 6.04. The Kier molecular flexibility index (Phi) is 3.42. The Bertz CT molecular complexity index is 787. The standard InChI is InChI=1S/C16H16ClN5/c17-12-5-7-14(8-6-12)22-10-13(19-20-22)9-21-11-18-15-3-1-2-4-16(15)21/h5-8,10-11H,1-4,9H2. The van der Waals surface area contributed by atoms with Crippen molar-refractivity contribution in [1.29, 1.82) is 0 Å². The number of benzene rings is 1. The zero-order chi connectivity index (χ0) is 14.9. The zero-order valence-corrected chi connectivity index (χ0v) is 12.9. The van der Waals surface area contributed by atoms with Gasteiger partial charge in [0.15, 0.2) is 0 Å². The Hall–Kier alpha value is -2.14. The Morgan fingerprint density at radius 3 is 2.77 bits per heavy atom. The van der Waals surface area contributed by atoms with Crippen molar-refractivity contribution in [2.75, 3.05) is 0 Å². The third kappa shape index (κ3) is 2.52. The van der Waals surface area contributed by atoms with E-state index in [2.05, 4.69) is 19.9 Å². The molecular formula is C16H16ClN5. The summed E-state index contributed by atoms with van der Waals surface area (Å²) in [6, 6.07) is 7.56. The van der Waals surface area contributed by atoms with Crippen LogP contribution in [0.15, 0.2) is 36.8 Å². The predicted octanol–water partition coefficient (Wildman–Crippen LogP) is 3.04. The van der Waals surface area contributed by atoms with E-state index in [0.29, 0.717) is 5.02 Å². The molecule has 22 heavy (non-hydrogen) atoms. The third-order valence-electron chi connectivity index (χ3n) is 4.07. The quantitative estimate of drug-likeness (QED) is 0.746. The maximum absolute atomic E-state index is 5.91. The van der Waals surface area contributed by atoms with Crippen molar-refractivity contribution in [3.05, 3.63) is 58.9 Å². The summed E-state index contributed by atoms with van der Waals surface area (Å²) in [6.45, 7) is 0.718. The van der Waals surface area contributed by atoms with Gasteiger partial charge in [0, 0.05) is 10.7 Å². The molecule has 0 spiro atoms. The van der Waals surface area contributed by atoms with E-state index in [4.69, 9.17) is 11.6 Å². The first-order valence-electron chi connectivity index (χ1n) is 7.49. The first kappa shape index (κ1) is 13.5. The van der Waals surface area contributed by atoms with E-state index in [-0.39, 0.29) is 0 Å². The van der Waals surface area contributed by atoms with Crippen LogP contribution in [0.5, 0.6) is 0 Å². The summed E-state index contributed by atoms with van der Waals surface area (Å²) in [6.07, 6.45) is 8.59. The van der Waals surface area contributed by atoms with E-state index in [0.717, 1.165) is 30.8 Å². The minimum atomic E-state index is 0.717. The molecule has 0 radical (unpaired) electrons. The molecule has 6 heteroatoms. The maximum atomic E-state index is 5.91. The third-order valence-corrected chi connectivity index (χ3v) is 4.33. The Balaban J connectivity index is 1.57. The van der Waals surface area contributed by atoms with Crippen molar-refractivity contribution in [1.82, 2.24) is 24.5 Å². The number of aryl methyl sites for hydroxylation is 1. The lowest BCUT2D eigenvalue weighted by atomic mass is 10.0. The van der Waals surface area contributed by atoms with E-state index in [9.17, 15) is 0 Å². The van der Waals surface area contributed by atoms with Gasteiger partial charge in [-0.2, -0.15) is 0 Å². The van der Waals surface area contributed by atoms with Crippen LogP contribution in [0.1, 0.15) is 29.9 Å². The summed E-state index contributed by atoms with van der Waals surface area (Å²) in [4.78, 5) is 4.52. The maximum Gasteiger partial charge on any atom is 0.103 e. The Morgan fingerprint density at radius 2 is 1.91 bits per heavy atom. The molecule has 0 amide bonds. The van der Waals surface area contributed by atoms with Crippen molar-refractivity contribution < 1.29 is 0 Å². The van der Waals surface area contributed by atoms with Crippen LogP contribution in [0.3, 0.4) is 0 Å². The van der Waals surface area contributed by atoms with Gasteiger partial charge in [0.05, 0.1) is 30.5 Å². The Labute approximate surface area is 133 Å². The molecule has 1 aliphatic rings. The van der Waals surface area contributed by atoms with Crippen LogP contribution in [-0.2, 0) is 19.4 Å². The fourth-order valence-electron chi connectivity index (χ4n) is 2.93. The average Bonchev–Trinajstić information content (AvgIpc) is 3.16. The van der Waals surface area contributed by atoms with Crippen LogP contribution < -0.4 is 0 Å². The summed E-state index contributed by atoms with van der Waals surface area (Å²) in [5, 5.41) is 9.19. The van der Waals surface area contributed by atoms with Gasteiger partial charge < -0.3 is 4.57 Å². The molecule has 0 atom stereocenters. The van der Waals surface area contributed by atoms with Crippen LogP contribution in [0.2, 0.25) is 5.02 Å². The van der Waals surface area contributed by atoms with Crippen molar-refractivity contribution in [2.45, 2.75) is 32.2 Å². The second-order valence-electron chi connectivity index (χ2n) is 5.60. The van der Waals surface area contributed by atoms with Gasteiger partial charge in [-0.25, -0.2) is 9.67 Å². The number of hydrogen-bond acceptors (Lipinski definition) is 3. The first-order valence-corrected chi connectivity index (χ1v) is 7.87. The molecule has 0 bridgehead atoms. The van der Waals surface area contributed by atoms with Gasteiger partial charge in [-0.3, -0.25) is 0 Å². The van der Waals surface area contributed by atoms with Crippen molar-refractivity contribution in [3.8, 4) is 5.69 Å². The van der Waals surface area contributed by atoms with E-state index >= 15 is 0 Å². The average molecular weight is 314 g/mol. The highest BCUT2D eigenvalue weighted by atomic mass is 35.5. The van der Waals surface area contributed by atoms with Crippen LogP contribution in [0.25, 0.3) is 5.69 Å². The highest BCUT2D eigenvalue weighted by Gasteiger charge is 2.16. The molecule has 2 aromatic heterocycles. The molecule has 2 heterocycles. The van der Waals surface area contributed by atoms with Crippen molar-refractivity contribution >= 4 is 11.6 Å². The SMILES string of the molecule is Clc1ccc(-n2cc(Cn3cnc4c3CCCC4)nn2)cc1. The highest BCUT2D eigenvalue weighted by molar-refractivity contribution is 6.30. The van der Waals surface area contributed by atoms with Crippen LogP contribution in [0.4, 0.5) is 0 Å². The first-order chi connectivity index (χ1) is 10.8. The molecule has 0 aliphatic heterocycles. The van der Waals surface area contributed by atoms with Gasteiger partial charge in [0.2, 0.25) is 0 Å². The molecule has 1 aliphatic carbocycles. The lowest BCUT2D eigenvalue weighted by Crippen LogP contribution is -2.09. The minimum Gasteiger partial charge on any atom is -0.328 e. The second kappa shape index (κ2) is 5.57. The van der Waals surface area contributed by atoms with Crippen LogP contribution in [-0.4, -0.2) is 24.5 Å². The Morgan fingerprint density at radius 1 is 1.09 bits per heavy atom. The highest BCUT2D eigenvalue weighted by Crippen LogP contribution is 2.20. The van der Waals surface area contributed by atoms with Gasteiger partial charge in [0.1, 0.15) is 5.69 Å². The minimum absolute atomic E-state index is 0.717. The van der Waals surface area contributed by atoms with Crippen molar-refractivity contribution in [3.63, 3.8) is 0 Å².